The minimum atomic E-state index is -0.0684. The second kappa shape index (κ2) is 6.06. The van der Waals surface area contributed by atoms with Gasteiger partial charge in [0, 0.05) is 49.7 Å². The first-order valence-corrected chi connectivity index (χ1v) is 8.95. The second-order valence-corrected chi connectivity index (χ2v) is 6.97. The molecule has 0 spiro atoms. The van der Waals surface area contributed by atoms with Crippen molar-refractivity contribution in [1.29, 1.82) is 0 Å². The van der Waals surface area contributed by atoms with Gasteiger partial charge in [-0.15, -0.1) is 0 Å². The van der Waals surface area contributed by atoms with Gasteiger partial charge in [0.05, 0.1) is 5.56 Å². The number of hydrogen-bond acceptors (Lipinski definition) is 2. The van der Waals surface area contributed by atoms with Crippen molar-refractivity contribution in [3.8, 4) is 0 Å². The smallest absolute Gasteiger partial charge is 0.274 e. The van der Waals surface area contributed by atoms with Crippen LogP contribution in [0.5, 0.6) is 0 Å². The van der Waals surface area contributed by atoms with Crippen LogP contribution >= 0.6 is 0 Å². The number of benzene rings is 1. The van der Waals surface area contributed by atoms with Crippen molar-refractivity contribution in [3.63, 3.8) is 0 Å². The van der Waals surface area contributed by atoms with Crippen LogP contribution in [0.15, 0.2) is 35.3 Å². The van der Waals surface area contributed by atoms with Crippen LogP contribution in [0.1, 0.15) is 36.0 Å². The third-order valence-corrected chi connectivity index (χ3v) is 5.35. The van der Waals surface area contributed by atoms with E-state index in [9.17, 15) is 9.59 Å². The molecule has 0 bridgehead atoms. The number of amides is 1. The maximum atomic E-state index is 13.3. The molecule has 1 fully saturated rings. The van der Waals surface area contributed by atoms with Gasteiger partial charge >= 0.3 is 0 Å². The summed E-state index contributed by atoms with van der Waals surface area (Å²) in [5.41, 5.74) is 2.15. The summed E-state index contributed by atoms with van der Waals surface area (Å²) in [6.07, 6.45) is 6.18. The van der Waals surface area contributed by atoms with Gasteiger partial charge in [0.1, 0.15) is 5.52 Å². The summed E-state index contributed by atoms with van der Waals surface area (Å²) in [6, 6.07) is 7.91. The van der Waals surface area contributed by atoms with E-state index in [0.717, 1.165) is 42.2 Å². The van der Waals surface area contributed by atoms with E-state index in [1.165, 1.54) is 17.4 Å². The molecule has 0 saturated carbocycles. The first-order valence-electron chi connectivity index (χ1n) is 8.95. The van der Waals surface area contributed by atoms with E-state index in [4.69, 9.17) is 0 Å². The standard InChI is InChI=1S/C20H23N3O2/c1-21-13-15(19(24)23-11-7-3-4-8-12-23)17-14-9-5-6-10-16(14)22(2)18(17)20(21)25/h5-6,9-10,13H,3-4,7-8,11-12H2,1-2H3. The number of aromatic nitrogens is 2. The number of carbonyl (C=O) groups is 1. The van der Waals surface area contributed by atoms with Crippen LogP contribution in [0.2, 0.25) is 0 Å². The Morgan fingerprint density at radius 2 is 1.68 bits per heavy atom. The largest absolute Gasteiger partial charge is 0.339 e. The molecule has 1 saturated heterocycles. The SMILES string of the molecule is Cn1cc(C(=O)N2CCCCCC2)c2c3ccccc3n(C)c2c1=O. The van der Waals surface area contributed by atoms with Gasteiger partial charge in [-0.2, -0.15) is 0 Å². The fourth-order valence-electron chi connectivity index (χ4n) is 4.01. The maximum Gasteiger partial charge on any atom is 0.274 e. The number of aryl methyl sites for hydroxylation is 2. The molecule has 5 nitrogen and oxygen atoms in total. The van der Waals surface area contributed by atoms with Crippen LogP contribution in [-0.4, -0.2) is 33.0 Å². The molecule has 2 aromatic heterocycles. The molecule has 0 radical (unpaired) electrons. The zero-order chi connectivity index (χ0) is 17.6. The number of pyridine rings is 1. The minimum absolute atomic E-state index is 0.0406. The highest BCUT2D eigenvalue weighted by atomic mass is 16.2. The van der Waals surface area contributed by atoms with Crippen LogP contribution in [0.3, 0.4) is 0 Å². The first kappa shape index (κ1) is 15.9. The molecular formula is C20H23N3O2. The van der Waals surface area contributed by atoms with E-state index in [1.54, 1.807) is 13.2 Å². The highest BCUT2D eigenvalue weighted by Crippen LogP contribution is 2.29. The Balaban J connectivity index is 2.00. The molecule has 3 aromatic rings. The second-order valence-electron chi connectivity index (χ2n) is 6.97. The molecular weight excluding hydrogens is 314 g/mol. The minimum Gasteiger partial charge on any atom is -0.339 e. The molecule has 1 aliphatic rings. The van der Waals surface area contributed by atoms with Gasteiger partial charge in [0.25, 0.3) is 11.5 Å². The average molecular weight is 337 g/mol. The number of rotatable bonds is 1. The fraction of sp³-hybridized carbons (Fsp3) is 0.400. The average Bonchev–Trinajstić information content (AvgIpc) is 2.80. The van der Waals surface area contributed by atoms with Crippen LogP contribution < -0.4 is 5.56 Å². The zero-order valence-corrected chi connectivity index (χ0v) is 14.8. The van der Waals surface area contributed by atoms with E-state index >= 15 is 0 Å². The Morgan fingerprint density at radius 1 is 1.00 bits per heavy atom. The van der Waals surface area contributed by atoms with Crippen molar-refractivity contribution in [3.05, 3.63) is 46.4 Å². The molecule has 1 aliphatic heterocycles. The Labute approximate surface area is 146 Å². The summed E-state index contributed by atoms with van der Waals surface area (Å²) in [4.78, 5) is 28.0. The third-order valence-electron chi connectivity index (χ3n) is 5.35. The van der Waals surface area contributed by atoms with Crippen LogP contribution in [0.25, 0.3) is 21.8 Å². The fourth-order valence-corrected chi connectivity index (χ4v) is 4.01. The van der Waals surface area contributed by atoms with Crippen molar-refractivity contribution in [2.75, 3.05) is 13.1 Å². The summed E-state index contributed by atoms with van der Waals surface area (Å²) >= 11 is 0. The quantitative estimate of drug-likeness (QED) is 0.685. The van der Waals surface area contributed by atoms with Crippen molar-refractivity contribution in [2.45, 2.75) is 25.7 Å². The molecule has 5 heteroatoms. The lowest BCUT2D eigenvalue weighted by Gasteiger charge is -2.21. The molecule has 25 heavy (non-hydrogen) atoms. The predicted octanol–water partition coefficient (Wildman–Crippen LogP) is 3.05. The van der Waals surface area contributed by atoms with Crippen LogP contribution in [-0.2, 0) is 14.1 Å². The highest BCUT2D eigenvalue weighted by molar-refractivity contribution is 6.17. The van der Waals surface area contributed by atoms with E-state index in [1.807, 2.05) is 40.8 Å². The van der Waals surface area contributed by atoms with Crippen molar-refractivity contribution in [2.24, 2.45) is 14.1 Å². The molecule has 4 rings (SSSR count). The van der Waals surface area contributed by atoms with Gasteiger partial charge < -0.3 is 14.0 Å². The summed E-state index contributed by atoms with van der Waals surface area (Å²) in [5, 5.41) is 1.76. The Morgan fingerprint density at radius 3 is 2.40 bits per heavy atom. The van der Waals surface area contributed by atoms with E-state index in [0.29, 0.717) is 11.1 Å². The van der Waals surface area contributed by atoms with Gasteiger partial charge in [-0.3, -0.25) is 9.59 Å². The number of para-hydroxylation sites is 1. The Bertz CT molecular complexity index is 1020. The lowest BCUT2D eigenvalue weighted by atomic mass is 10.1. The van der Waals surface area contributed by atoms with Gasteiger partial charge in [-0.1, -0.05) is 31.0 Å². The van der Waals surface area contributed by atoms with Crippen LogP contribution in [0.4, 0.5) is 0 Å². The number of likely N-dealkylation sites (tertiary alicyclic amines) is 1. The monoisotopic (exact) mass is 337 g/mol. The third kappa shape index (κ3) is 2.46. The number of nitrogens with zero attached hydrogens (tertiary/aromatic N) is 3. The van der Waals surface area contributed by atoms with E-state index in [2.05, 4.69) is 0 Å². The van der Waals surface area contributed by atoms with Gasteiger partial charge in [-0.05, 0) is 18.9 Å². The van der Waals surface area contributed by atoms with Gasteiger partial charge in [0.2, 0.25) is 0 Å². The van der Waals surface area contributed by atoms with Crippen molar-refractivity contribution >= 4 is 27.7 Å². The topological polar surface area (TPSA) is 47.2 Å². The van der Waals surface area contributed by atoms with Gasteiger partial charge in [-0.25, -0.2) is 0 Å². The molecule has 0 N–H and O–H groups in total. The molecule has 130 valence electrons. The molecule has 3 heterocycles. The molecule has 0 aliphatic carbocycles. The maximum absolute atomic E-state index is 13.3. The Hall–Kier alpha value is -2.56. The van der Waals surface area contributed by atoms with Gasteiger partial charge in [0.15, 0.2) is 0 Å². The molecule has 0 atom stereocenters. The normalized spacial score (nSPS) is 15.7. The lowest BCUT2D eigenvalue weighted by molar-refractivity contribution is 0.0763. The summed E-state index contributed by atoms with van der Waals surface area (Å²) in [5.74, 6) is 0.0406. The Kier molecular flexibility index (Phi) is 3.86. The molecule has 0 unspecified atom stereocenters. The summed E-state index contributed by atoms with van der Waals surface area (Å²) in [6.45, 7) is 1.60. The van der Waals surface area contributed by atoms with E-state index < -0.39 is 0 Å². The summed E-state index contributed by atoms with van der Waals surface area (Å²) < 4.78 is 3.44. The highest BCUT2D eigenvalue weighted by Gasteiger charge is 2.24. The van der Waals surface area contributed by atoms with E-state index in [-0.39, 0.29) is 11.5 Å². The zero-order valence-electron chi connectivity index (χ0n) is 14.8. The van der Waals surface area contributed by atoms with Crippen LogP contribution in [0, 0.1) is 0 Å². The lowest BCUT2D eigenvalue weighted by Crippen LogP contribution is -2.33. The predicted molar refractivity (Wildman–Crippen MR) is 100 cm³/mol. The molecule has 1 amide bonds. The first-order chi connectivity index (χ1) is 12.1. The summed E-state index contributed by atoms with van der Waals surface area (Å²) in [7, 11) is 3.62. The number of hydrogen-bond donors (Lipinski definition) is 0. The number of carbonyl (C=O) groups excluding carboxylic acids is 1. The van der Waals surface area contributed by atoms with Crippen molar-refractivity contribution < 1.29 is 4.79 Å². The van der Waals surface area contributed by atoms with Crippen molar-refractivity contribution in [1.82, 2.24) is 14.0 Å². The number of fused-ring (bicyclic) bond motifs is 3. The molecule has 1 aromatic carbocycles.